The molecule has 0 aromatic heterocycles. The van der Waals surface area contributed by atoms with Crippen LogP contribution >= 0.6 is 11.6 Å². The summed E-state index contributed by atoms with van der Waals surface area (Å²) in [5, 5.41) is 1.07. The van der Waals surface area contributed by atoms with E-state index in [1.165, 1.54) is 5.57 Å². The van der Waals surface area contributed by atoms with E-state index < -0.39 is 0 Å². The molecular formula is C10H15Cl. The van der Waals surface area contributed by atoms with E-state index in [2.05, 4.69) is 26.0 Å². The molecule has 1 aliphatic carbocycles. The van der Waals surface area contributed by atoms with Crippen LogP contribution in [0.2, 0.25) is 0 Å². The fraction of sp³-hybridized carbons (Fsp3) is 0.600. The van der Waals surface area contributed by atoms with E-state index >= 15 is 0 Å². The van der Waals surface area contributed by atoms with E-state index in [0.717, 1.165) is 24.3 Å². The lowest BCUT2D eigenvalue weighted by molar-refractivity contribution is 0.644. The molecule has 0 aromatic carbocycles. The first kappa shape index (κ1) is 8.86. The molecule has 0 saturated carbocycles. The first-order valence-corrected chi connectivity index (χ1v) is 4.62. The van der Waals surface area contributed by atoms with E-state index in [1.807, 2.05) is 0 Å². The number of allylic oxidation sites excluding steroid dienone is 4. The van der Waals surface area contributed by atoms with Crippen LogP contribution in [0.4, 0.5) is 0 Å². The molecule has 0 heterocycles. The smallest absolute Gasteiger partial charge is 0.0216 e. The van der Waals surface area contributed by atoms with Gasteiger partial charge in [0.05, 0.1) is 0 Å². The van der Waals surface area contributed by atoms with Crippen molar-refractivity contribution in [2.75, 3.05) is 0 Å². The molecular weight excluding hydrogens is 156 g/mol. The van der Waals surface area contributed by atoms with Crippen LogP contribution in [0.25, 0.3) is 0 Å². The summed E-state index contributed by atoms with van der Waals surface area (Å²) >= 11 is 6.06. The van der Waals surface area contributed by atoms with Gasteiger partial charge in [0.15, 0.2) is 0 Å². The average molecular weight is 171 g/mol. The Kier molecular flexibility index (Phi) is 3.19. The second kappa shape index (κ2) is 3.96. The third kappa shape index (κ3) is 2.70. The summed E-state index contributed by atoms with van der Waals surface area (Å²) in [6.45, 7) is 4.44. The molecule has 0 unspecified atom stereocenters. The van der Waals surface area contributed by atoms with Gasteiger partial charge in [0.1, 0.15) is 0 Å². The van der Waals surface area contributed by atoms with E-state index in [1.54, 1.807) is 0 Å². The van der Waals surface area contributed by atoms with Crippen LogP contribution in [0.1, 0.15) is 33.1 Å². The summed E-state index contributed by atoms with van der Waals surface area (Å²) in [5.41, 5.74) is 1.34. The minimum absolute atomic E-state index is 0.710. The second-order valence-electron chi connectivity index (χ2n) is 3.47. The molecule has 11 heavy (non-hydrogen) atoms. The molecule has 0 nitrogen and oxygen atoms in total. The summed E-state index contributed by atoms with van der Waals surface area (Å²) in [6.07, 6.45) is 7.66. The van der Waals surface area contributed by atoms with Crippen molar-refractivity contribution in [2.45, 2.75) is 33.1 Å². The van der Waals surface area contributed by atoms with Crippen molar-refractivity contribution in [3.05, 3.63) is 22.8 Å². The van der Waals surface area contributed by atoms with Crippen LogP contribution in [-0.2, 0) is 0 Å². The van der Waals surface area contributed by atoms with Crippen LogP contribution in [0.15, 0.2) is 22.8 Å². The van der Waals surface area contributed by atoms with Crippen molar-refractivity contribution in [3.8, 4) is 0 Å². The maximum atomic E-state index is 6.06. The molecule has 0 bridgehead atoms. The summed E-state index contributed by atoms with van der Waals surface area (Å²) in [4.78, 5) is 0. The van der Waals surface area contributed by atoms with Crippen molar-refractivity contribution >= 4 is 11.6 Å². The molecule has 1 rings (SSSR count). The topological polar surface area (TPSA) is 0 Å². The van der Waals surface area contributed by atoms with Gasteiger partial charge >= 0.3 is 0 Å². The number of rotatable bonds is 2. The van der Waals surface area contributed by atoms with Crippen LogP contribution in [0, 0.1) is 5.92 Å². The lowest BCUT2D eigenvalue weighted by Crippen LogP contribution is -1.94. The predicted molar refractivity (Wildman–Crippen MR) is 50.7 cm³/mol. The molecule has 0 amide bonds. The lowest BCUT2D eigenvalue weighted by Gasteiger charge is -2.12. The van der Waals surface area contributed by atoms with Gasteiger partial charge in [0, 0.05) is 5.03 Å². The summed E-state index contributed by atoms with van der Waals surface area (Å²) < 4.78 is 0. The van der Waals surface area contributed by atoms with Crippen LogP contribution < -0.4 is 0 Å². The Balaban J connectivity index is 2.60. The summed E-state index contributed by atoms with van der Waals surface area (Å²) in [5.74, 6) is 0.710. The van der Waals surface area contributed by atoms with Crippen molar-refractivity contribution in [1.29, 1.82) is 0 Å². The van der Waals surface area contributed by atoms with Crippen LogP contribution in [0.3, 0.4) is 0 Å². The van der Waals surface area contributed by atoms with E-state index in [9.17, 15) is 0 Å². The first-order valence-electron chi connectivity index (χ1n) is 4.24. The molecule has 62 valence electrons. The molecule has 0 atom stereocenters. The molecule has 0 aliphatic heterocycles. The van der Waals surface area contributed by atoms with Gasteiger partial charge < -0.3 is 0 Å². The molecule has 0 radical (unpaired) electrons. The van der Waals surface area contributed by atoms with Crippen molar-refractivity contribution < 1.29 is 0 Å². The predicted octanol–water partition coefficient (Wildman–Crippen LogP) is 3.88. The van der Waals surface area contributed by atoms with Crippen molar-refractivity contribution in [3.63, 3.8) is 0 Å². The molecule has 0 N–H and O–H groups in total. The van der Waals surface area contributed by atoms with Crippen molar-refractivity contribution in [1.82, 2.24) is 0 Å². The standard InChI is InChI=1S/C10H15Cl/c1-8(2)7-9-5-3-4-6-10(9)11/h3,5,8H,4,6-7H2,1-2H3. The summed E-state index contributed by atoms with van der Waals surface area (Å²) in [6, 6.07) is 0. The van der Waals surface area contributed by atoms with E-state index in [0.29, 0.717) is 5.92 Å². The normalized spacial score (nSPS) is 18.2. The Hall–Kier alpha value is -0.230. The Morgan fingerprint density at radius 2 is 2.27 bits per heavy atom. The van der Waals surface area contributed by atoms with Gasteiger partial charge in [-0.15, -0.1) is 0 Å². The van der Waals surface area contributed by atoms with Gasteiger partial charge in [-0.2, -0.15) is 0 Å². The molecule has 1 heteroatoms. The minimum Gasteiger partial charge on any atom is -0.0888 e. The van der Waals surface area contributed by atoms with Gasteiger partial charge in [-0.25, -0.2) is 0 Å². The zero-order valence-electron chi connectivity index (χ0n) is 7.23. The quantitative estimate of drug-likeness (QED) is 0.590. The van der Waals surface area contributed by atoms with Crippen LogP contribution in [-0.4, -0.2) is 0 Å². The van der Waals surface area contributed by atoms with Gasteiger partial charge in [-0.3, -0.25) is 0 Å². The molecule has 0 fully saturated rings. The Bertz CT molecular complexity index is 187. The van der Waals surface area contributed by atoms with Gasteiger partial charge in [0.25, 0.3) is 0 Å². The lowest BCUT2D eigenvalue weighted by atomic mass is 9.98. The maximum absolute atomic E-state index is 6.06. The van der Waals surface area contributed by atoms with Crippen molar-refractivity contribution in [2.24, 2.45) is 5.92 Å². The maximum Gasteiger partial charge on any atom is 0.0216 e. The third-order valence-electron chi connectivity index (χ3n) is 1.83. The first-order chi connectivity index (χ1) is 5.20. The second-order valence-corrected chi connectivity index (χ2v) is 3.93. The SMILES string of the molecule is CC(C)CC1=C(Cl)CCC=C1. The number of hydrogen-bond acceptors (Lipinski definition) is 0. The zero-order chi connectivity index (χ0) is 8.27. The third-order valence-corrected chi connectivity index (χ3v) is 2.26. The highest BCUT2D eigenvalue weighted by Crippen LogP contribution is 2.26. The largest absolute Gasteiger partial charge is 0.0888 e. The highest BCUT2D eigenvalue weighted by molar-refractivity contribution is 6.30. The Morgan fingerprint density at radius 3 is 2.82 bits per heavy atom. The van der Waals surface area contributed by atoms with Crippen LogP contribution in [0.5, 0.6) is 0 Å². The highest BCUT2D eigenvalue weighted by Gasteiger charge is 2.06. The highest BCUT2D eigenvalue weighted by atomic mass is 35.5. The fourth-order valence-electron chi connectivity index (χ4n) is 1.31. The minimum atomic E-state index is 0.710. The van der Waals surface area contributed by atoms with E-state index in [-0.39, 0.29) is 0 Å². The molecule has 0 aromatic rings. The Labute approximate surface area is 73.9 Å². The zero-order valence-corrected chi connectivity index (χ0v) is 7.99. The number of hydrogen-bond donors (Lipinski definition) is 0. The average Bonchev–Trinajstić information content (AvgIpc) is 1.93. The van der Waals surface area contributed by atoms with E-state index in [4.69, 9.17) is 11.6 Å². The monoisotopic (exact) mass is 170 g/mol. The molecule has 0 saturated heterocycles. The number of halogens is 1. The summed E-state index contributed by atoms with van der Waals surface area (Å²) in [7, 11) is 0. The van der Waals surface area contributed by atoms with Gasteiger partial charge in [0.2, 0.25) is 0 Å². The Morgan fingerprint density at radius 1 is 1.55 bits per heavy atom. The van der Waals surface area contributed by atoms with Gasteiger partial charge in [-0.05, 0) is 30.8 Å². The molecule has 0 spiro atoms. The molecule has 1 aliphatic rings. The van der Waals surface area contributed by atoms with Gasteiger partial charge in [-0.1, -0.05) is 37.6 Å². The fourth-order valence-corrected chi connectivity index (χ4v) is 1.55.